The first-order valence-corrected chi connectivity index (χ1v) is 5.37. The maximum absolute atomic E-state index is 11.8. The SMILES string of the molecule is CC(C(N)=O)N(C)CC(=O)N1CCOCC1. The van der Waals surface area contributed by atoms with Gasteiger partial charge in [0.05, 0.1) is 25.8 Å². The first-order chi connectivity index (χ1) is 7.52. The number of carbonyl (C=O) groups excluding carboxylic acids is 2. The molecule has 0 aromatic rings. The number of amides is 2. The first-order valence-electron chi connectivity index (χ1n) is 5.37. The Morgan fingerprint density at radius 2 is 2.00 bits per heavy atom. The highest BCUT2D eigenvalue weighted by atomic mass is 16.5. The minimum Gasteiger partial charge on any atom is -0.378 e. The van der Waals surface area contributed by atoms with Crippen molar-refractivity contribution in [3.05, 3.63) is 0 Å². The molecule has 1 fully saturated rings. The second kappa shape index (κ2) is 5.81. The van der Waals surface area contributed by atoms with Crippen molar-refractivity contribution in [2.75, 3.05) is 39.9 Å². The summed E-state index contributed by atoms with van der Waals surface area (Å²) in [6.45, 7) is 4.32. The number of hydrogen-bond acceptors (Lipinski definition) is 4. The molecule has 16 heavy (non-hydrogen) atoms. The number of likely N-dealkylation sites (N-methyl/N-ethyl adjacent to an activating group) is 1. The van der Waals surface area contributed by atoms with Crippen molar-refractivity contribution in [2.45, 2.75) is 13.0 Å². The molecule has 6 nitrogen and oxygen atoms in total. The van der Waals surface area contributed by atoms with Crippen molar-refractivity contribution in [3.63, 3.8) is 0 Å². The Morgan fingerprint density at radius 1 is 1.44 bits per heavy atom. The van der Waals surface area contributed by atoms with E-state index in [1.165, 1.54) is 0 Å². The van der Waals surface area contributed by atoms with E-state index in [0.29, 0.717) is 26.3 Å². The van der Waals surface area contributed by atoms with Crippen LogP contribution in [0, 0.1) is 0 Å². The second-order valence-electron chi connectivity index (χ2n) is 3.99. The average Bonchev–Trinajstić information content (AvgIpc) is 2.28. The quantitative estimate of drug-likeness (QED) is 0.647. The fourth-order valence-corrected chi connectivity index (χ4v) is 1.48. The zero-order valence-electron chi connectivity index (χ0n) is 9.81. The summed E-state index contributed by atoms with van der Waals surface area (Å²) in [5, 5.41) is 0. The van der Waals surface area contributed by atoms with Crippen LogP contribution in [-0.2, 0) is 14.3 Å². The molecule has 2 amide bonds. The summed E-state index contributed by atoms with van der Waals surface area (Å²) in [7, 11) is 1.72. The highest BCUT2D eigenvalue weighted by Gasteiger charge is 2.22. The normalized spacial score (nSPS) is 18.6. The van der Waals surface area contributed by atoms with E-state index in [9.17, 15) is 9.59 Å². The first kappa shape index (κ1) is 12.9. The van der Waals surface area contributed by atoms with E-state index in [0.717, 1.165) is 0 Å². The smallest absolute Gasteiger partial charge is 0.236 e. The highest BCUT2D eigenvalue weighted by Crippen LogP contribution is 2.01. The van der Waals surface area contributed by atoms with Crippen LogP contribution in [-0.4, -0.2) is 67.6 Å². The van der Waals surface area contributed by atoms with Crippen LogP contribution in [0.25, 0.3) is 0 Å². The van der Waals surface area contributed by atoms with Crippen LogP contribution in [0.4, 0.5) is 0 Å². The van der Waals surface area contributed by atoms with E-state index < -0.39 is 11.9 Å². The van der Waals surface area contributed by atoms with Gasteiger partial charge in [0.25, 0.3) is 0 Å². The van der Waals surface area contributed by atoms with Gasteiger partial charge >= 0.3 is 0 Å². The fourth-order valence-electron chi connectivity index (χ4n) is 1.48. The van der Waals surface area contributed by atoms with E-state index in [1.54, 1.807) is 23.8 Å². The standard InChI is InChI=1S/C10H19N3O3/c1-8(10(11)15)12(2)7-9(14)13-3-5-16-6-4-13/h8H,3-7H2,1-2H3,(H2,11,15). The highest BCUT2D eigenvalue weighted by molar-refractivity contribution is 5.82. The average molecular weight is 229 g/mol. The Morgan fingerprint density at radius 3 is 2.50 bits per heavy atom. The summed E-state index contributed by atoms with van der Waals surface area (Å²) >= 11 is 0. The van der Waals surface area contributed by atoms with Crippen molar-refractivity contribution in [3.8, 4) is 0 Å². The summed E-state index contributed by atoms with van der Waals surface area (Å²) in [5.74, 6) is -0.406. The molecule has 1 aliphatic rings. The number of nitrogens with two attached hydrogens (primary N) is 1. The molecule has 1 saturated heterocycles. The van der Waals surface area contributed by atoms with Crippen molar-refractivity contribution >= 4 is 11.8 Å². The van der Waals surface area contributed by atoms with E-state index in [2.05, 4.69) is 0 Å². The van der Waals surface area contributed by atoms with Gasteiger partial charge in [-0.2, -0.15) is 0 Å². The fraction of sp³-hybridized carbons (Fsp3) is 0.800. The van der Waals surface area contributed by atoms with Gasteiger partial charge in [-0.15, -0.1) is 0 Å². The molecule has 1 rings (SSSR count). The zero-order chi connectivity index (χ0) is 12.1. The maximum atomic E-state index is 11.8. The van der Waals surface area contributed by atoms with Gasteiger partial charge in [-0.25, -0.2) is 0 Å². The molecule has 0 aromatic heterocycles. The topological polar surface area (TPSA) is 75.9 Å². The van der Waals surface area contributed by atoms with Crippen molar-refractivity contribution < 1.29 is 14.3 Å². The molecule has 6 heteroatoms. The summed E-state index contributed by atoms with van der Waals surface area (Å²) in [6, 6.07) is -0.426. The molecule has 1 heterocycles. The van der Waals surface area contributed by atoms with Gasteiger partial charge in [-0.3, -0.25) is 14.5 Å². The molecular weight excluding hydrogens is 210 g/mol. The minimum atomic E-state index is -0.426. The summed E-state index contributed by atoms with van der Waals surface area (Å²) in [6.07, 6.45) is 0. The molecular formula is C10H19N3O3. The number of ether oxygens (including phenoxy) is 1. The van der Waals surface area contributed by atoms with Crippen LogP contribution in [0.2, 0.25) is 0 Å². The number of rotatable bonds is 4. The predicted molar refractivity (Wildman–Crippen MR) is 58.7 cm³/mol. The number of hydrogen-bond donors (Lipinski definition) is 1. The monoisotopic (exact) mass is 229 g/mol. The molecule has 0 aromatic carbocycles. The molecule has 1 aliphatic heterocycles. The Hall–Kier alpha value is -1.14. The third kappa shape index (κ3) is 3.46. The third-order valence-electron chi connectivity index (χ3n) is 2.82. The van der Waals surface area contributed by atoms with Crippen LogP contribution >= 0.6 is 0 Å². The van der Waals surface area contributed by atoms with Crippen molar-refractivity contribution in [2.24, 2.45) is 5.73 Å². The number of nitrogens with zero attached hydrogens (tertiary/aromatic N) is 2. The lowest BCUT2D eigenvalue weighted by Crippen LogP contribution is -2.49. The van der Waals surface area contributed by atoms with Crippen LogP contribution in [0.5, 0.6) is 0 Å². The van der Waals surface area contributed by atoms with Gasteiger partial charge in [0, 0.05) is 13.1 Å². The molecule has 2 N–H and O–H groups in total. The van der Waals surface area contributed by atoms with Gasteiger partial charge in [-0.1, -0.05) is 0 Å². The van der Waals surface area contributed by atoms with Gasteiger partial charge in [-0.05, 0) is 14.0 Å². The zero-order valence-corrected chi connectivity index (χ0v) is 9.81. The molecule has 0 saturated carbocycles. The number of morpholine rings is 1. The lowest BCUT2D eigenvalue weighted by atomic mass is 10.2. The van der Waals surface area contributed by atoms with Crippen LogP contribution in [0.3, 0.4) is 0 Å². The Labute approximate surface area is 95.3 Å². The Bertz CT molecular complexity index is 264. The van der Waals surface area contributed by atoms with Crippen molar-refractivity contribution in [1.29, 1.82) is 0 Å². The maximum Gasteiger partial charge on any atom is 0.236 e. The summed E-state index contributed by atoms with van der Waals surface area (Å²) in [4.78, 5) is 26.1. The number of primary amides is 1. The lowest BCUT2D eigenvalue weighted by Gasteiger charge is -2.29. The van der Waals surface area contributed by atoms with Gasteiger partial charge < -0.3 is 15.4 Å². The summed E-state index contributed by atoms with van der Waals surface area (Å²) < 4.78 is 5.16. The molecule has 0 bridgehead atoms. The minimum absolute atomic E-state index is 0.0129. The van der Waals surface area contributed by atoms with Crippen molar-refractivity contribution in [1.82, 2.24) is 9.80 Å². The molecule has 0 spiro atoms. The van der Waals surface area contributed by atoms with Crippen LogP contribution in [0.15, 0.2) is 0 Å². The molecule has 92 valence electrons. The number of carbonyl (C=O) groups is 2. The second-order valence-corrected chi connectivity index (χ2v) is 3.99. The third-order valence-corrected chi connectivity index (χ3v) is 2.82. The largest absolute Gasteiger partial charge is 0.378 e. The molecule has 0 radical (unpaired) electrons. The molecule has 0 aliphatic carbocycles. The van der Waals surface area contributed by atoms with E-state index in [-0.39, 0.29) is 12.5 Å². The van der Waals surface area contributed by atoms with Gasteiger partial charge in [0.1, 0.15) is 0 Å². The predicted octanol–water partition coefficient (Wildman–Crippen LogP) is -1.35. The summed E-state index contributed by atoms with van der Waals surface area (Å²) in [5.41, 5.74) is 5.17. The van der Waals surface area contributed by atoms with Crippen LogP contribution < -0.4 is 5.73 Å². The molecule has 1 unspecified atom stereocenters. The van der Waals surface area contributed by atoms with Crippen LogP contribution in [0.1, 0.15) is 6.92 Å². The Kier molecular flexibility index (Phi) is 4.70. The molecule has 1 atom stereocenters. The van der Waals surface area contributed by atoms with E-state index >= 15 is 0 Å². The Balaban J connectivity index is 2.40. The van der Waals surface area contributed by atoms with E-state index in [4.69, 9.17) is 10.5 Å². The van der Waals surface area contributed by atoms with Gasteiger partial charge in [0.15, 0.2) is 0 Å². The lowest BCUT2D eigenvalue weighted by molar-refractivity contribution is -0.137. The van der Waals surface area contributed by atoms with E-state index in [1.807, 2.05) is 0 Å². The van der Waals surface area contributed by atoms with Gasteiger partial charge in [0.2, 0.25) is 11.8 Å².